The first-order valence-corrected chi connectivity index (χ1v) is 8.27. The summed E-state index contributed by atoms with van der Waals surface area (Å²) in [6, 6.07) is 8.27. The lowest BCUT2D eigenvalue weighted by Crippen LogP contribution is -2.31. The summed E-state index contributed by atoms with van der Waals surface area (Å²) in [6.07, 6.45) is 0.676. The van der Waals surface area contributed by atoms with Crippen molar-refractivity contribution in [1.29, 1.82) is 0 Å². The Morgan fingerprint density at radius 2 is 1.78 bits per heavy atom. The zero-order valence-corrected chi connectivity index (χ0v) is 13.4. The van der Waals surface area contributed by atoms with Crippen LogP contribution in [0.25, 0.3) is 0 Å². The molecule has 6 nitrogen and oxygen atoms in total. The van der Waals surface area contributed by atoms with E-state index in [-0.39, 0.29) is 23.9 Å². The number of hydrogen-bond acceptors (Lipinski definition) is 5. The summed E-state index contributed by atoms with van der Waals surface area (Å²) in [6.45, 7) is 2.20. The van der Waals surface area contributed by atoms with Gasteiger partial charge in [-0.15, -0.1) is 0 Å². The van der Waals surface area contributed by atoms with Gasteiger partial charge >= 0.3 is 0 Å². The maximum absolute atomic E-state index is 12.2. The third-order valence-electron chi connectivity index (χ3n) is 3.57. The molecule has 0 bridgehead atoms. The Bertz CT molecular complexity index is 796. The first kappa shape index (κ1) is 15.5. The van der Waals surface area contributed by atoms with Gasteiger partial charge in [0.1, 0.15) is 0 Å². The van der Waals surface area contributed by atoms with Gasteiger partial charge in [0, 0.05) is 24.1 Å². The lowest BCUT2D eigenvalue weighted by atomic mass is 10.1. The van der Waals surface area contributed by atoms with Crippen molar-refractivity contribution in [2.24, 2.45) is 0 Å². The van der Waals surface area contributed by atoms with Crippen molar-refractivity contribution in [3.8, 4) is 0 Å². The molecule has 1 aromatic heterocycles. The average Bonchev–Trinajstić information content (AvgIpc) is 2.79. The number of aromatic nitrogens is 2. The summed E-state index contributed by atoms with van der Waals surface area (Å²) in [7, 11) is 0. The average molecular weight is 329 g/mol. The maximum atomic E-state index is 12.2. The predicted octanol–water partition coefficient (Wildman–Crippen LogP) is 1.72. The van der Waals surface area contributed by atoms with E-state index in [1.165, 1.54) is 22.7 Å². The number of aromatic amines is 1. The summed E-state index contributed by atoms with van der Waals surface area (Å²) in [5.74, 6) is -0.0633. The Labute approximate surface area is 136 Å². The number of imide groups is 1. The molecular weight excluding hydrogens is 314 g/mol. The van der Waals surface area contributed by atoms with Crippen molar-refractivity contribution in [1.82, 2.24) is 14.9 Å². The fraction of sp³-hybridized carbons (Fsp3) is 0.250. The molecule has 0 unspecified atom stereocenters. The number of thioether (sulfide) groups is 1. The number of hydrogen-bond donors (Lipinski definition) is 1. The van der Waals surface area contributed by atoms with Gasteiger partial charge in [-0.3, -0.25) is 19.3 Å². The zero-order chi connectivity index (χ0) is 16.4. The largest absolute Gasteiger partial charge is 0.301 e. The molecule has 0 saturated heterocycles. The minimum atomic E-state index is -0.269. The fourth-order valence-corrected chi connectivity index (χ4v) is 3.23. The first-order valence-electron chi connectivity index (χ1n) is 7.28. The van der Waals surface area contributed by atoms with E-state index in [2.05, 4.69) is 9.97 Å². The van der Waals surface area contributed by atoms with Crippen molar-refractivity contribution in [2.75, 3.05) is 12.3 Å². The topological polar surface area (TPSA) is 83.1 Å². The van der Waals surface area contributed by atoms with Crippen molar-refractivity contribution in [3.63, 3.8) is 0 Å². The fourth-order valence-electron chi connectivity index (χ4n) is 2.41. The lowest BCUT2D eigenvalue weighted by molar-refractivity contribution is 0.0664. The molecule has 0 aliphatic carbocycles. The molecule has 2 aromatic rings. The van der Waals surface area contributed by atoms with Gasteiger partial charge in [-0.25, -0.2) is 4.98 Å². The molecule has 1 N–H and O–H groups in total. The van der Waals surface area contributed by atoms with E-state index in [1.54, 1.807) is 24.3 Å². The summed E-state index contributed by atoms with van der Waals surface area (Å²) in [4.78, 5) is 44.2. The van der Waals surface area contributed by atoms with E-state index in [1.807, 2.05) is 6.92 Å². The van der Waals surface area contributed by atoms with E-state index in [4.69, 9.17) is 0 Å². The molecule has 7 heteroatoms. The van der Waals surface area contributed by atoms with Crippen LogP contribution in [0.2, 0.25) is 0 Å². The normalized spacial score (nSPS) is 13.5. The van der Waals surface area contributed by atoms with Crippen LogP contribution in [0.15, 0.2) is 40.3 Å². The second-order valence-corrected chi connectivity index (χ2v) is 6.14. The molecule has 1 aliphatic rings. The van der Waals surface area contributed by atoms with E-state index >= 15 is 0 Å². The van der Waals surface area contributed by atoms with Gasteiger partial charge in [0.2, 0.25) is 0 Å². The zero-order valence-electron chi connectivity index (χ0n) is 12.5. The van der Waals surface area contributed by atoms with E-state index < -0.39 is 0 Å². The minimum Gasteiger partial charge on any atom is -0.301 e. The number of rotatable bonds is 5. The molecule has 0 fully saturated rings. The summed E-state index contributed by atoms with van der Waals surface area (Å²) >= 11 is 1.32. The predicted molar refractivity (Wildman–Crippen MR) is 86.8 cm³/mol. The molecule has 2 amide bonds. The van der Waals surface area contributed by atoms with Gasteiger partial charge < -0.3 is 4.98 Å². The van der Waals surface area contributed by atoms with Crippen LogP contribution in [0.5, 0.6) is 0 Å². The smallest absolute Gasteiger partial charge is 0.261 e. The summed E-state index contributed by atoms with van der Waals surface area (Å²) < 4.78 is 0. The molecule has 0 spiro atoms. The SMILES string of the molecule is CCc1cc(=O)[nH]c(SCCN2C(=O)c3ccccc3C2=O)n1. The van der Waals surface area contributed by atoms with Gasteiger partial charge in [-0.05, 0) is 18.6 Å². The van der Waals surface area contributed by atoms with Crippen molar-refractivity contribution < 1.29 is 9.59 Å². The number of nitrogens with zero attached hydrogens (tertiary/aromatic N) is 2. The van der Waals surface area contributed by atoms with Crippen molar-refractivity contribution in [3.05, 3.63) is 57.5 Å². The number of carbonyl (C=O) groups is 2. The highest BCUT2D eigenvalue weighted by Gasteiger charge is 2.34. The van der Waals surface area contributed by atoms with Crippen LogP contribution >= 0.6 is 11.8 Å². The van der Waals surface area contributed by atoms with Crippen LogP contribution in [0.3, 0.4) is 0 Å². The maximum Gasteiger partial charge on any atom is 0.261 e. The third-order valence-corrected chi connectivity index (χ3v) is 4.42. The minimum absolute atomic E-state index is 0.194. The molecule has 0 radical (unpaired) electrons. The van der Waals surface area contributed by atoms with Gasteiger partial charge in [-0.1, -0.05) is 30.8 Å². The molecule has 3 rings (SSSR count). The molecule has 1 aliphatic heterocycles. The van der Waals surface area contributed by atoms with Crippen LogP contribution < -0.4 is 5.56 Å². The van der Waals surface area contributed by atoms with Crippen LogP contribution in [0, 0.1) is 0 Å². The number of H-pyrrole nitrogens is 1. The number of fused-ring (bicyclic) bond motifs is 1. The second kappa shape index (κ2) is 6.37. The standard InChI is InChI=1S/C16H15N3O3S/c1-2-10-9-13(20)18-16(17-10)23-8-7-19-14(21)11-5-3-4-6-12(11)15(19)22/h3-6,9H,2,7-8H2,1H3,(H,17,18,20). The lowest BCUT2D eigenvalue weighted by Gasteiger charge is -2.13. The van der Waals surface area contributed by atoms with Gasteiger partial charge in [0.25, 0.3) is 17.4 Å². The van der Waals surface area contributed by atoms with E-state index in [0.717, 1.165) is 5.69 Å². The molecule has 0 atom stereocenters. The third kappa shape index (κ3) is 3.05. The number of carbonyl (C=O) groups excluding carboxylic acids is 2. The van der Waals surface area contributed by atoms with Crippen LogP contribution in [0.4, 0.5) is 0 Å². The summed E-state index contributed by atoms with van der Waals surface area (Å²) in [5.41, 5.74) is 1.42. The number of amides is 2. The number of benzene rings is 1. The Morgan fingerprint density at radius 1 is 1.13 bits per heavy atom. The summed E-state index contributed by atoms with van der Waals surface area (Å²) in [5, 5.41) is 0.506. The Morgan fingerprint density at radius 3 is 2.39 bits per heavy atom. The molecule has 23 heavy (non-hydrogen) atoms. The van der Waals surface area contributed by atoms with E-state index in [0.29, 0.717) is 28.5 Å². The van der Waals surface area contributed by atoms with Gasteiger partial charge in [-0.2, -0.15) is 0 Å². The van der Waals surface area contributed by atoms with Gasteiger partial charge in [0.05, 0.1) is 11.1 Å². The van der Waals surface area contributed by atoms with Gasteiger partial charge in [0.15, 0.2) is 5.16 Å². The number of nitrogens with one attached hydrogen (secondary N) is 1. The highest BCUT2D eigenvalue weighted by Crippen LogP contribution is 2.23. The molecular formula is C16H15N3O3S. The first-order chi connectivity index (χ1) is 11.1. The van der Waals surface area contributed by atoms with Crippen molar-refractivity contribution >= 4 is 23.6 Å². The quantitative estimate of drug-likeness (QED) is 0.513. The Hall–Kier alpha value is -2.41. The highest BCUT2D eigenvalue weighted by molar-refractivity contribution is 7.99. The Balaban J connectivity index is 1.66. The Kier molecular flexibility index (Phi) is 4.29. The monoisotopic (exact) mass is 329 g/mol. The molecule has 118 valence electrons. The molecule has 0 saturated carbocycles. The number of aryl methyl sites for hydroxylation is 1. The van der Waals surface area contributed by atoms with Crippen LogP contribution in [0.1, 0.15) is 33.3 Å². The van der Waals surface area contributed by atoms with Crippen LogP contribution in [-0.4, -0.2) is 39.0 Å². The molecule has 1 aromatic carbocycles. The second-order valence-electron chi connectivity index (χ2n) is 5.05. The molecule has 2 heterocycles. The van der Waals surface area contributed by atoms with Crippen LogP contribution in [-0.2, 0) is 6.42 Å². The van der Waals surface area contributed by atoms with Crippen molar-refractivity contribution in [2.45, 2.75) is 18.5 Å². The highest BCUT2D eigenvalue weighted by atomic mass is 32.2. The van der Waals surface area contributed by atoms with E-state index in [9.17, 15) is 14.4 Å².